The van der Waals surface area contributed by atoms with E-state index >= 15 is 0 Å². The molecule has 1 amide bonds. The minimum absolute atomic E-state index is 0.0401. The Labute approximate surface area is 117 Å². The first-order valence-corrected chi connectivity index (χ1v) is 6.87. The molecule has 0 heterocycles. The van der Waals surface area contributed by atoms with Crippen molar-refractivity contribution in [3.8, 4) is 0 Å². The van der Waals surface area contributed by atoms with Crippen molar-refractivity contribution < 1.29 is 4.79 Å². The van der Waals surface area contributed by atoms with Crippen LogP contribution in [0.5, 0.6) is 0 Å². The van der Waals surface area contributed by atoms with Gasteiger partial charge < -0.3 is 10.6 Å². The molecular weight excluding hydrogens is 327 g/mol. The first kappa shape index (κ1) is 14.3. The van der Waals surface area contributed by atoms with Crippen molar-refractivity contribution in [1.29, 1.82) is 0 Å². The summed E-state index contributed by atoms with van der Waals surface area (Å²) in [4.78, 5) is 11.8. The zero-order valence-electron chi connectivity index (χ0n) is 10.5. The molecule has 4 heteroatoms. The summed E-state index contributed by atoms with van der Waals surface area (Å²) in [6, 6.07) is 7.72. The van der Waals surface area contributed by atoms with Gasteiger partial charge in [-0.3, -0.25) is 4.79 Å². The summed E-state index contributed by atoms with van der Waals surface area (Å²) < 4.78 is 1.12. The summed E-state index contributed by atoms with van der Waals surface area (Å²) in [5.41, 5.74) is 1.00. The molecule has 2 N–H and O–H groups in total. The number of para-hydroxylation sites is 1. The van der Waals surface area contributed by atoms with Crippen LogP contribution in [0.3, 0.4) is 0 Å². The molecule has 0 aliphatic rings. The van der Waals surface area contributed by atoms with Crippen molar-refractivity contribution in [2.45, 2.75) is 26.8 Å². The fourth-order valence-corrected chi connectivity index (χ4v) is 1.88. The van der Waals surface area contributed by atoms with Gasteiger partial charge in [0.1, 0.15) is 6.04 Å². The maximum absolute atomic E-state index is 11.8. The first-order chi connectivity index (χ1) is 8.00. The number of nitrogens with one attached hydrogen (secondary N) is 2. The zero-order valence-corrected chi connectivity index (χ0v) is 12.6. The Bertz CT molecular complexity index is 379. The standard InChI is InChI=1S/C13H19IN2O/c1-9(2)8-15-13(17)10(3)16-12-7-5-4-6-11(12)14/h4-7,9-10,16H,8H2,1-3H3,(H,15,17). The molecule has 94 valence electrons. The van der Waals surface area contributed by atoms with E-state index in [0.717, 1.165) is 15.8 Å². The number of carbonyl (C=O) groups is 1. The highest BCUT2D eigenvalue weighted by Gasteiger charge is 2.13. The lowest BCUT2D eigenvalue weighted by Gasteiger charge is -2.17. The van der Waals surface area contributed by atoms with Crippen LogP contribution >= 0.6 is 22.6 Å². The molecule has 0 aromatic heterocycles. The molecule has 0 saturated carbocycles. The van der Waals surface area contributed by atoms with Crippen molar-refractivity contribution in [1.82, 2.24) is 5.32 Å². The number of benzene rings is 1. The highest BCUT2D eigenvalue weighted by atomic mass is 127. The predicted octanol–water partition coefficient (Wildman–Crippen LogP) is 2.86. The predicted molar refractivity (Wildman–Crippen MR) is 80.1 cm³/mol. The van der Waals surface area contributed by atoms with E-state index in [1.54, 1.807) is 0 Å². The second-order valence-corrected chi connectivity index (χ2v) is 5.65. The quantitative estimate of drug-likeness (QED) is 0.805. The maximum atomic E-state index is 11.8. The second kappa shape index (κ2) is 6.83. The van der Waals surface area contributed by atoms with Gasteiger partial charge in [-0.1, -0.05) is 26.0 Å². The minimum atomic E-state index is -0.218. The lowest BCUT2D eigenvalue weighted by atomic mass is 10.2. The summed E-state index contributed by atoms with van der Waals surface area (Å²) in [5, 5.41) is 6.13. The fourth-order valence-electron chi connectivity index (χ4n) is 1.33. The normalized spacial score (nSPS) is 12.3. The van der Waals surface area contributed by atoms with Gasteiger partial charge in [0.05, 0.1) is 0 Å². The van der Waals surface area contributed by atoms with Gasteiger partial charge in [-0.05, 0) is 47.6 Å². The van der Waals surface area contributed by atoms with Crippen LogP contribution in [0.2, 0.25) is 0 Å². The largest absolute Gasteiger partial charge is 0.373 e. The summed E-state index contributed by atoms with van der Waals surface area (Å²) in [7, 11) is 0. The van der Waals surface area contributed by atoms with Gasteiger partial charge in [0.2, 0.25) is 5.91 Å². The molecule has 1 aromatic rings. The smallest absolute Gasteiger partial charge is 0.242 e. The van der Waals surface area contributed by atoms with E-state index in [1.807, 2.05) is 31.2 Å². The second-order valence-electron chi connectivity index (χ2n) is 4.48. The lowest BCUT2D eigenvalue weighted by Crippen LogP contribution is -2.39. The van der Waals surface area contributed by atoms with E-state index in [4.69, 9.17) is 0 Å². The van der Waals surface area contributed by atoms with E-state index in [0.29, 0.717) is 5.92 Å². The van der Waals surface area contributed by atoms with Crippen LogP contribution in [0.15, 0.2) is 24.3 Å². The van der Waals surface area contributed by atoms with E-state index < -0.39 is 0 Å². The molecule has 1 aromatic carbocycles. The van der Waals surface area contributed by atoms with Gasteiger partial charge >= 0.3 is 0 Å². The minimum Gasteiger partial charge on any atom is -0.373 e. The number of carbonyl (C=O) groups excluding carboxylic acids is 1. The summed E-state index contributed by atoms with van der Waals surface area (Å²) in [6.45, 7) is 6.76. The Morgan fingerprint density at radius 2 is 1.94 bits per heavy atom. The maximum Gasteiger partial charge on any atom is 0.242 e. The molecule has 0 radical (unpaired) electrons. The van der Waals surface area contributed by atoms with Crippen molar-refractivity contribution in [2.75, 3.05) is 11.9 Å². The number of hydrogen-bond acceptors (Lipinski definition) is 2. The number of anilines is 1. The molecule has 0 bridgehead atoms. The van der Waals surface area contributed by atoms with Gasteiger partial charge in [0, 0.05) is 15.8 Å². The highest BCUT2D eigenvalue weighted by molar-refractivity contribution is 14.1. The molecule has 0 saturated heterocycles. The van der Waals surface area contributed by atoms with Gasteiger partial charge in [-0.25, -0.2) is 0 Å². The molecule has 1 unspecified atom stereocenters. The third-order valence-corrected chi connectivity index (χ3v) is 3.26. The van der Waals surface area contributed by atoms with Crippen LogP contribution in [-0.4, -0.2) is 18.5 Å². The topological polar surface area (TPSA) is 41.1 Å². The summed E-state index contributed by atoms with van der Waals surface area (Å²) in [5.74, 6) is 0.515. The van der Waals surface area contributed by atoms with Crippen molar-refractivity contribution in [3.05, 3.63) is 27.8 Å². The molecular formula is C13H19IN2O. The molecule has 0 fully saturated rings. The van der Waals surface area contributed by atoms with Gasteiger partial charge in [-0.15, -0.1) is 0 Å². The number of rotatable bonds is 5. The van der Waals surface area contributed by atoms with Crippen LogP contribution in [0, 0.1) is 9.49 Å². The number of hydrogen-bond donors (Lipinski definition) is 2. The van der Waals surface area contributed by atoms with Gasteiger partial charge in [0.15, 0.2) is 0 Å². The SMILES string of the molecule is CC(C)CNC(=O)C(C)Nc1ccccc1I. The van der Waals surface area contributed by atoms with Gasteiger partial charge in [0.25, 0.3) is 0 Å². The number of amides is 1. The Hall–Kier alpha value is -0.780. The Morgan fingerprint density at radius 3 is 2.53 bits per heavy atom. The van der Waals surface area contributed by atoms with Crippen LogP contribution in [0.1, 0.15) is 20.8 Å². The van der Waals surface area contributed by atoms with Gasteiger partial charge in [-0.2, -0.15) is 0 Å². The van der Waals surface area contributed by atoms with E-state index in [-0.39, 0.29) is 11.9 Å². The lowest BCUT2D eigenvalue weighted by molar-refractivity contribution is -0.121. The molecule has 0 spiro atoms. The number of halogens is 1. The average molecular weight is 346 g/mol. The fraction of sp³-hybridized carbons (Fsp3) is 0.462. The molecule has 17 heavy (non-hydrogen) atoms. The van der Waals surface area contributed by atoms with E-state index in [2.05, 4.69) is 47.1 Å². The molecule has 1 rings (SSSR count). The summed E-state index contributed by atoms with van der Waals surface area (Å²) in [6.07, 6.45) is 0. The molecule has 0 aliphatic heterocycles. The van der Waals surface area contributed by atoms with Crippen molar-refractivity contribution in [3.63, 3.8) is 0 Å². The Balaban J connectivity index is 2.51. The molecule has 0 aliphatic carbocycles. The zero-order chi connectivity index (χ0) is 12.8. The van der Waals surface area contributed by atoms with Crippen molar-refractivity contribution >= 4 is 34.2 Å². The molecule has 1 atom stereocenters. The van der Waals surface area contributed by atoms with Crippen molar-refractivity contribution in [2.24, 2.45) is 5.92 Å². The van der Waals surface area contributed by atoms with Crippen LogP contribution in [0.4, 0.5) is 5.69 Å². The Morgan fingerprint density at radius 1 is 1.29 bits per heavy atom. The first-order valence-electron chi connectivity index (χ1n) is 5.79. The van der Waals surface area contributed by atoms with E-state index in [9.17, 15) is 4.79 Å². The van der Waals surface area contributed by atoms with Crippen LogP contribution in [0.25, 0.3) is 0 Å². The highest BCUT2D eigenvalue weighted by Crippen LogP contribution is 2.17. The van der Waals surface area contributed by atoms with E-state index in [1.165, 1.54) is 0 Å². The Kier molecular flexibility index (Phi) is 5.74. The molecule has 3 nitrogen and oxygen atoms in total. The monoisotopic (exact) mass is 346 g/mol. The third kappa shape index (κ3) is 4.93. The van der Waals surface area contributed by atoms with Crippen LogP contribution < -0.4 is 10.6 Å². The van der Waals surface area contributed by atoms with Crippen LogP contribution in [-0.2, 0) is 4.79 Å². The third-order valence-electron chi connectivity index (χ3n) is 2.32. The average Bonchev–Trinajstić information content (AvgIpc) is 2.28. The summed E-state index contributed by atoms with van der Waals surface area (Å²) >= 11 is 2.25.